The maximum atomic E-state index is 4.26. The predicted molar refractivity (Wildman–Crippen MR) is 150 cm³/mol. The predicted octanol–water partition coefficient (Wildman–Crippen LogP) is 10.7. The van der Waals surface area contributed by atoms with E-state index in [-0.39, 0.29) is 32.9 Å². The van der Waals surface area contributed by atoms with Gasteiger partial charge in [-0.25, -0.2) is 24.3 Å². The van der Waals surface area contributed by atoms with Crippen molar-refractivity contribution >= 4 is 26.0 Å². The summed E-state index contributed by atoms with van der Waals surface area (Å²) in [5, 5.41) is 1.59. The summed E-state index contributed by atoms with van der Waals surface area (Å²) in [6.07, 6.45) is 2.51. The Balaban J connectivity index is 0. The van der Waals surface area contributed by atoms with Gasteiger partial charge in [-0.05, 0) is 32.9 Å². The number of rotatable bonds is 4. The van der Waals surface area contributed by atoms with Crippen LogP contribution in [0.15, 0.2) is 48.5 Å². The Bertz CT molecular complexity index is 632. The molecule has 0 heterocycles. The van der Waals surface area contributed by atoms with E-state index in [4.69, 9.17) is 0 Å². The maximum absolute atomic E-state index is 4.26. The normalized spacial score (nSPS) is 12.5. The molecule has 2 rings (SSSR count). The zero-order valence-corrected chi connectivity index (χ0v) is 27.6. The third-order valence-corrected chi connectivity index (χ3v) is 13.2. The van der Waals surface area contributed by atoms with E-state index in [2.05, 4.69) is 126 Å². The van der Waals surface area contributed by atoms with Crippen LogP contribution in [-0.4, -0.2) is 20.6 Å². The van der Waals surface area contributed by atoms with E-state index in [1.807, 2.05) is 30.3 Å². The van der Waals surface area contributed by atoms with Gasteiger partial charge in [-0.3, -0.25) is 0 Å². The van der Waals surface area contributed by atoms with Gasteiger partial charge in [-0.1, -0.05) is 98.9 Å². The first kappa shape index (κ1) is 36.0. The minimum atomic E-state index is -0.0659. The Labute approximate surface area is 232 Å². The molecule has 0 saturated carbocycles. The molecular weight excluding hydrogens is 548 g/mol. The molecule has 0 unspecified atom stereocenters. The van der Waals surface area contributed by atoms with Crippen LogP contribution in [0.3, 0.4) is 0 Å². The van der Waals surface area contributed by atoms with Crippen LogP contribution in [-0.2, 0) is 44.0 Å². The molecule has 2 aromatic carbocycles. The summed E-state index contributed by atoms with van der Waals surface area (Å²) in [7, 11) is 4.13. The van der Waals surface area contributed by atoms with Crippen LogP contribution in [0.1, 0.15) is 94.2 Å². The van der Waals surface area contributed by atoms with Gasteiger partial charge in [0.15, 0.2) is 0 Å². The second-order valence-electron chi connectivity index (χ2n) is 12.4. The minimum Gasteiger partial charge on any atom is -0.214 e. The summed E-state index contributed by atoms with van der Waals surface area (Å²) in [4.78, 5) is 0. The quantitative estimate of drug-likeness (QED) is 0.187. The van der Waals surface area contributed by atoms with Gasteiger partial charge in [-0.15, -0.1) is 0 Å². The molecular formula is C28H48ClFeNiP2-2. The molecule has 0 atom stereocenters. The Morgan fingerprint density at radius 2 is 0.909 bits per heavy atom. The van der Waals surface area contributed by atoms with Gasteiger partial charge in [0.05, 0.1) is 0 Å². The largest absolute Gasteiger partial charge is 0.214 e. The van der Waals surface area contributed by atoms with Gasteiger partial charge in [0, 0.05) is 17.1 Å². The van der Waals surface area contributed by atoms with Gasteiger partial charge in [0.25, 0.3) is 0 Å². The molecule has 0 bridgehead atoms. The first-order valence-corrected chi connectivity index (χ1v) is 15.9. The summed E-state index contributed by atoms with van der Waals surface area (Å²) < 4.78 is 0. The van der Waals surface area contributed by atoms with Crippen LogP contribution in [0, 0.1) is 0 Å². The summed E-state index contributed by atoms with van der Waals surface area (Å²) in [6, 6.07) is 17.3. The van der Waals surface area contributed by atoms with Crippen molar-refractivity contribution < 1.29 is 31.6 Å². The van der Waals surface area contributed by atoms with Crippen molar-refractivity contribution in [2.45, 2.75) is 116 Å². The van der Waals surface area contributed by atoms with E-state index in [1.165, 1.54) is 12.3 Å². The molecule has 0 aromatic heterocycles. The standard InChI is InChI=1S/C23H43P2.C5H5.ClH.Fe.Ni/c1-20(2,3)24(21(4,5)6)16-18-13-14-19(15-18)17-25(22(7,8)9)23(10,11)12;1-2-4-5-3-1;;;/h13-15H,16-17H2,1-12H3;1-5H;1H;;/q2*-1;;;+1/p-1. The van der Waals surface area contributed by atoms with E-state index in [0.717, 1.165) is 0 Å². The van der Waals surface area contributed by atoms with Crippen LogP contribution in [0.4, 0.5) is 0 Å². The third kappa shape index (κ3) is 14.3. The van der Waals surface area contributed by atoms with Crippen LogP contribution >= 0.6 is 26.0 Å². The van der Waals surface area contributed by atoms with Gasteiger partial charge in [0.1, 0.15) is 0 Å². The first-order chi connectivity index (χ1) is 14.4. The van der Waals surface area contributed by atoms with E-state index in [0.29, 0.717) is 20.6 Å². The maximum Gasteiger partial charge on any atom is 0 e. The Kier molecular flexibility index (Phi) is 16.6. The van der Waals surface area contributed by atoms with Gasteiger partial charge >= 0.3 is 24.8 Å². The molecule has 0 aliphatic carbocycles. The minimum absolute atomic E-state index is 0. The van der Waals surface area contributed by atoms with Crippen molar-refractivity contribution in [1.82, 2.24) is 0 Å². The van der Waals surface area contributed by atoms with E-state index in [9.17, 15) is 0 Å². The first-order valence-electron chi connectivity index (χ1n) is 11.5. The summed E-state index contributed by atoms with van der Waals surface area (Å²) in [5.74, 6) is 0. The average Bonchev–Trinajstić information content (AvgIpc) is 3.30. The number of halogens is 1. The van der Waals surface area contributed by atoms with Gasteiger partial charge in [-0.2, -0.15) is 35.4 Å². The molecule has 197 valence electrons. The molecule has 0 fully saturated rings. The second kappa shape index (κ2) is 15.2. The molecule has 33 heavy (non-hydrogen) atoms. The topological polar surface area (TPSA) is 0 Å². The van der Waals surface area contributed by atoms with Crippen LogP contribution in [0.2, 0.25) is 0 Å². The zero-order chi connectivity index (χ0) is 25.4. The van der Waals surface area contributed by atoms with Crippen molar-refractivity contribution in [3.63, 3.8) is 0 Å². The van der Waals surface area contributed by atoms with Crippen LogP contribution in [0.25, 0.3) is 0 Å². The zero-order valence-electron chi connectivity index (χ0n) is 23.0. The molecule has 0 amide bonds. The smallest absolute Gasteiger partial charge is 0 e. The Morgan fingerprint density at radius 3 is 1.09 bits per heavy atom. The number of hydrogen-bond acceptors (Lipinski definition) is 0. The average molecular weight is 597 g/mol. The molecule has 0 spiro atoms. The second-order valence-corrected chi connectivity index (χ2v) is 20.2. The molecule has 0 radical (unpaired) electrons. The van der Waals surface area contributed by atoms with Crippen molar-refractivity contribution in [3.05, 3.63) is 59.7 Å². The van der Waals surface area contributed by atoms with Crippen LogP contribution in [0.5, 0.6) is 0 Å². The fourth-order valence-electron chi connectivity index (χ4n) is 4.39. The van der Waals surface area contributed by atoms with E-state index < -0.39 is 0 Å². The molecule has 2 aromatic rings. The van der Waals surface area contributed by atoms with Crippen molar-refractivity contribution in [3.8, 4) is 0 Å². The molecule has 0 aliphatic heterocycles. The molecule has 0 N–H and O–H groups in total. The summed E-state index contributed by atoms with van der Waals surface area (Å²) in [5.41, 5.74) is 3.12. The Morgan fingerprint density at radius 1 is 0.636 bits per heavy atom. The van der Waals surface area contributed by atoms with Gasteiger partial charge < -0.3 is 0 Å². The van der Waals surface area contributed by atoms with E-state index in [1.54, 1.807) is 11.1 Å². The molecule has 0 aliphatic rings. The molecule has 5 heteroatoms. The number of hydrogen-bond donors (Lipinski definition) is 0. The fraction of sp³-hybridized carbons (Fsp3) is 0.643. The van der Waals surface area contributed by atoms with Crippen molar-refractivity contribution in [2.24, 2.45) is 0 Å². The van der Waals surface area contributed by atoms with E-state index >= 15 is 0 Å². The Hall–Kier alpha value is 0.863. The summed E-state index contributed by atoms with van der Waals surface area (Å²) in [6.45, 7) is 29.1. The molecule has 0 saturated heterocycles. The third-order valence-electron chi connectivity index (χ3n) is 5.36. The monoisotopic (exact) mass is 595 g/mol. The van der Waals surface area contributed by atoms with Crippen LogP contribution < -0.4 is 0 Å². The molecule has 0 nitrogen and oxygen atoms in total. The fourth-order valence-corrected chi connectivity index (χ4v) is 11.4. The van der Waals surface area contributed by atoms with Crippen molar-refractivity contribution in [1.29, 1.82) is 0 Å². The SMILES string of the molecule is CC(C)(C)P(Cc1ccc(CP(C(C)(C)C)C(C)(C)C)[cH-]1)C(C)(C)C.[Cl][Ni].[Fe].c1cc[cH-]c1. The van der Waals surface area contributed by atoms with Crippen molar-refractivity contribution in [2.75, 3.05) is 0 Å². The van der Waals surface area contributed by atoms with Gasteiger partial charge in [0.2, 0.25) is 0 Å². The summed E-state index contributed by atoms with van der Waals surface area (Å²) >= 11 is 3.35.